The molecule has 2 unspecified atom stereocenters. The van der Waals surface area contributed by atoms with Gasteiger partial charge in [0, 0.05) is 5.92 Å². The Morgan fingerprint density at radius 1 is 1.20 bits per heavy atom. The zero-order valence-electron chi connectivity index (χ0n) is 7.70. The maximum Gasteiger partial charge on any atom is 0.222 e. The third kappa shape index (κ3) is 2.85. The first kappa shape index (κ1) is 17.6. The molecular weight excluding hydrogens is 252 g/mol. The minimum absolute atomic E-state index is 0. The largest absolute Gasteiger partial charge is 0.774 e. The second-order valence-corrected chi connectivity index (χ2v) is 7.22. The van der Waals surface area contributed by atoms with E-state index in [0.717, 1.165) is 0 Å². The third-order valence-electron chi connectivity index (χ3n) is 2.21. The third-order valence-corrected chi connectivity index (χ3v) is 6.41. The van der Waals surface area contributed by atoms with Crippen LogP contribution < -0.4 is 15.5 Å². The fourth-order valence-corrected chi connectivity index (χ4v) is 3.88. The molecule has 0 aromatic heterocycles. The van der Waals surface area contributed by atoms with Gasteiger partial charge in [0.1, 0.15) is 0 Å². The Morgan fingerprint density at radius 2 is 1.47 bits per heavy atom. The number of hydrogen-bond donors (Lipinski definition) is 3. The van der Waals surface area contributed by atoms with Crippen molar-refractivity contribution < 1.29 is 45.4 Å². The van der Waals surface area contributed by atoms with Gasteiger partial charge in [-0.25, -0.2) is 0 Å². The van der Waals surface area contributed by atoms with Gasteiger partial charge >= 0.3 is 0 Å². The lowest BCUT2D eigenvalue weighted by Crippen LogP contribution is -2.75. The molecule has 1 aliphatic carbocycles. The summed E-state index contributed by atoms with van der Waals surface area (Å²) in [6.45, 7) is 0. The summed E-state index contributed by atoms with van der Waals surface area (Å²) in [5.74, 6) is -0.797. The molecule has 0 radical (unpaired) electrons. The SMILES string of the molecule is O.[NH3+]C(C1CC1)(P(=O)([O-])O)P(=O)([O-])O.[OH3+]. The summed E-state index contributed by atoms with van der Waals surface area (Å²) in [7, 11) is -10.4. The van der Waals surface area contributed by atoms with Gasteiger partial charge in [-0.1, -0.05) is 0 Å². The van der Waals surface area contributed by atoms with E-state index in [0.29, 0.717) is 12.8 Å². The van der Waals surface area contributed by atoms with Crippen molar-refractivity contribution in [3.05, 3.63) is 0 Å². The van der Waals surface area contributed by atoms with Crippen molar-refractivity contribution in [2.24, 2.45) is 5.92 Å². The highest BCUT2D eigenvalue weighted by Gasteiger charge is 2.59. The molecule has 0 amide bonds. The van der Waals surface area contributed by atoms with Crippen LogP contribution >= 0.6 is 15.2 Å². The van der Waals surface area contributed by atoms with E-state index in [4.69, 9.17) is 9.79 Å². The van der Waals surface area contributed by atoms with Crippen molar-refractivity contribution >= 4 is 15.2 Å². The van der Waals surface area contributed by atoms with Crippen LogP contribution in [0.4, 0.5) is 0 Å². The Labute approximate surface area is 85.2 Å². The van der Waals surface area contributed by atoms with Crippen LogP contribution in [0.1, 0.15) is 12.8 Å². The van der Waals surface area contributed by atoms with Crippen molar-refractivity contribution in [2.75, 3.05) is 0 Å². The van der Waals surface area contributed by atoms with Gasteiger partial charge in [-0.05, 0) is 12.8 Å². The van der Waals surface area contributed by atoms with Crippen LogP contribution in [-0.2, 0) is 14.6 Å². The molecule has 94 valence electrons. The first-order valence-corrected chi connectivity index (χ1v) is 6.69. The van der Waals surface area contributed by atoms with E-state index < -0.39 is 26.1 Å². The molecule has 11 heteroatoms. The van der Waals surface area contributed by atoms with Gasteiger partial charge in [0.05, 0.1) is 0 Å². The summed E-state index contributed by atoms with van der Waals surface area (Å²) in [6.07, 6.45) is 0.645. The van der Waals surface area contributed by atoms with Crippen molar-refractivity contribution in [1.29, 1.82) is 0 Å². The van der Waals surface area contributed by atoms with Gasteiger partial charge in [-0.2, -0.15) is 0 Å². The molecule has 0 aliphatic heterocycles. The van der Waals surface area contributed by atoms with E-state index in [1.54, 1.807) is 0 Å². The Hall–Kier alpha value is 0.180. The van der Waals surface area contributed by atoms with Gasteiger partial charge in [0.15, 0.2) is 0 Å². The second-order valence-electron chi connectivity index (χ2n) is 3.19. The average Bonchev–Trinajstić information content (AvgIpc) is 2.60. The summed E-state index contributed by atoms with van der Waals surface area (Å²) >= 11 is 0. The Morgan fingerprint density at radius 3 is 1.53 bits per heavy atom. The van der Waals surface area contributed by atoms with Gasteiger partial charge in [0.25, 0.3) is 0 Å². The summed E-state index contributed by atoms with van der Waals surface area (Å²) in [5.41, 5.74) is 2.92. The molecule has 15 heavy (non-hydrogen) atoms. The molecule has 1 aliphatic rings. The molecule has 0 heterocycles. The molecule has 0 spiro atoms. The fraction of sp³-hybridized carbons (Fsp3) is 1.00. The van der Waals surface area contributed by atoms with Crippen molar-refractivity contribution in [3.63, 3.8) is 0 Å². The lowest BCUT2D eigenvalue weighted by molar-refractivity contribution is -0.446. The highest BCUT2D eigenvalue weighted by atomic mass is 31.2. The van der Waals surface area contributed by atoms with Crippen molar-refractivity contribution in [3.8, 4) is 0 Å². The summed E-state index contributed by atoms with van der Waals surface area (Å²) in [4.78, 5) is 38.9. The molecule has 10 N–H and O–H groups in total. The van der Waals surface area contributed by atoms with Crippen LogP contribution in [0.15, 0.2) is 0 Å². The van der Waals surface area contributed by atoms with Gasteiger partial charge in [0.2, 0.25) is 20.2 Å². The highest BCUT2D eigenvalue weighted by molar-refractivity contribution is 7.70. The molecule has 2 atom stereocenters. The van der Waals surface area contributed by atoms with E-state index in [1.807, 2.05) is 0 Å². The highest BCUT2D eigenvalue weighted by Crippen LogP contribution is 2.68. The minimum atomic E-state index is -5.19. The molecule has 1 fully saturated rings. The molecule has 1 saturated carbocycles. The van der Waals surface area contributed by atoms with Crippen LogP contribution in [-0.4, -0.2) is 20.3 Å². The summed E-state index contributed by atoms with van der Waals surface area (Å²) < 4.78 is 21.5. The van der Waals surface area contributed by atoms with E-state index in [-0.39, 0.29) is 11.0 Å². The zero-order valence-corrected chi connectivity index (χ0v) is 9.49. The molecule has 0 saturated heterocycles. The molecule has 0 bridgehead atoms. The lowest BCUT2D eigenvalue weighted by Gasteiger charge is -2.40. The van der Waals surface area contributed by atoms with E-state index in [1.165, 1.54) is 0 Å². The first-order valence-electron chi connectivity index (χ1n) is 3.54. The Kier molecular flexibility index (Phi) is 5.37. The van der Waals surface area contributed by atoms with Gasteiger partial charge < -0.3 is 45.4 Å². The zero-order chi connectivity index (χ0) is 10.5. The quantitative estimate of drug-likeness (QED) is 0.339. The fourth-order valence-electron chi connectivity index (χ4n) is 1.17. The van der Waals surface area contributed by atoms with Crippen LogP contribution in [0.3, 0.4) is 0 Å². The summed E-state index contributed by atoms with van der Waals surface area (Å²) in [6, 6.07) is 0. The Bertz CT molecular complexity index is 280. The summed E-state index contributed by atoms with van der Waals surface area (Å²) in [5, 5.41) is -2.65. The van der Waals surface area contributed by atoms with E-state index in [2.05, 4.69) is 5.73 Å². The number of quaternary nitrogens is 1. The molecule has 0 aromatic rings. The molecule has 0 aromatic carbocycles. The maximum atomic E-state index is 10.8. The van der Waals surface area contributed by atoms with Gasteiger partial charge in [-0.15, -0.1) is 0 Å². The normalized spacial score (nSPS) is 27.3. The minimum Gasteiger partial charge on any atom is -0.774 e. The Balaban J connectivity index is 0. The predicted molar refractivity (Wildman–Crippen MR) is 46.5 cm³/mol. The van der Waals surface area contributed by atoms with E-state index in [9.17, 15) is 18.9 Å². The monoisotopic (exact) mass is 267 g/mol. The predicted octanol–water partition coefficient (Wildman–Crippen LogP) is -4.36. The number of hydrogen-bond acceptors (Lipinski definition) is 4. The molecular formula is C4H15NO8P2. The van der Waals surface area contributed by atoms with Crippen LogP contribution in [0, 0.1) is 5.92 Å². The van der Waals surface area contributed by atoms with Gasteiger partial charge in [-0.3, -0.25) is 0 Å². The van der Waals surface area contributed by atoms with Crippen LogP contribution in [0.5, 0.6) is 0 Å². The second kappa shape index (κ2) is 4.58. The van der Waals surface area contributed by atoms with Crippen LogP contribution in [0.2, 0.25) is 0 Å². The lowest BCUT2D eigenvalue weighted by atomic mass is 10.4. The molecule has 9 nitrogen and oxygen atoms in total. The standard InChI is InChI=1S/C4H11NO6P2.2H2O/c5-4(3-1-2-3,12(6,7)8)13(9,10)11;;/h3H,1-2,5H2,(H2,6,7,8)(H2,9,10,11);2*1H2. The number of rotatable bonds is 3. The topological polar surface area (TPSA) is 213 Å². The maximum absolute atomic E-state index is 10.8. The van der Waals surface area contributed by atoms with Crippen molar-refractivity contribution in [2.45, 2.75) is 17.9 Å². The molecule has 1 rings (SSSR count). The first-order chi connectivity index (χ1) is 5.61. The smallest absolute Gasteiger partial charge is 0.222 e. The van der Waals surface area contributed by atoms with Crippen molar-refractivity contribution in [1.82, 2.24) is 0 Å². The van der Waals surface area contributed by atoms with Crippen LogP contribution in [0.25, 0.3) is 0 Å². The van der Waals surface area contributed by atoms with E-state index >= 15 is 0 Å². The average molecular weight is 267 g/mol.